The first kappa shape index (κ1) is 14.5. The van der Waals surface area contributed by atoms with Crippen molar-refractivity contribution in [1.82, 2.24) is 0 Å². The molecular formula is C15H12FNO4. The molecule has 6 heteroatoms. The number of ether oxygens (including phenoxy) is 1. The van der Waals surface area contributed by atoms with Crippen LogP contribution in [0.25, 0.3) is 0 Å². The fraction of sp³-hybridized carbons (Fsp3) is 0.0667. The van der Waals surface area contributed by atoms with Gasteiger partial charge in [-0.15, -0.1) is 0 Å². The maximum atomic E-state index is 13.1. The fourth-order valence-corrected chi connectivity index (χ4v) is 1.66. The van der Waals surface area contributed by atoms with Crippen LogP contribution >= 0.6 is 0 Å². The van der Waals surface area contributed by atoms with Gasteiger partial charge in [-0.25, -0.2) is 9.18 Å². The van der Waals surface area contributed by atoms with Gasteiger partial charge in [0, 0.05) is 5.56 Å². The molecule has 0 fully saturated rings. The molecule has 2 aromatic carbocycles. The predicted octanol–water partition coefficient (Wildman–Crippen LogP) is 2.54. The van der Waals surface area contributed by atoms with Crippen molar-refractivity contribution in [3.63, 3.8) is 0 Å². The number of halogens is 1. The summed E-state index contributed by atoms with van der Waals surface area (Å²) in [5, 5.41) is 11.2. The van der Waals surface area contributed by atoms with Crippen LogP contribution in [0.3, 0.4) is 0 Å². The highest BCUT2D eigenvalue weighted by molar-refractivity contribution is 6.05. The van der Waals surface area contributed by atoms with Crippen molar-refractivity contribution in [1.29, 1.82) is 0 Å². The van der Waals surface area contributed by atoms with Crippen LogP contribution in [0.5, 0.6) is 5.75 Å². The number of anilines is 1. The number of aliphatic carboxylic acids is 1. The van der Waals surface area contributed by atoms with Gasteiger partial charge < -0.3 is 15.2 Å². The van der Waals surface area contributed by atoms with Gasteiger partial charge in [0.25, 0.3) is 5.91 Å². The third-order valence-corrected chi connectivity index (χ3v) is 2.57. The van der Waals surface area contributed by atoms with Gasteiger partial charge in [-0.3, -0.25) is 4.79 Å². The van der Waals surface area contributed by atoms with Crippen molar-refractivity contribution in [3.8, 4) is 5.75 Å². The highest BCUT2D eigenvalue weighted by Gasteiger charge is 2.11. The predicted molar refractivity (Wildman–Crippen MR) is 73.9 cm³/mol. The minimum atomic E-state index is -1.12. The van der Waals surface area contributed by atoms with Crippen LogP contribution in [0.15, 0.2) is 48.5 Å². The van der Waals surface area contributed by atoms with Crippen molar-refractivity contribution < 1.29 is 23.8 Å². The Morgan fingerprint density at radius 1 is 1.14 bits per heavy atom. The number of nitrogens with one attached hydrogen (secondary N) is 1. The lowest BCUT2D eigenvalue weighted by Gasteiger charge is -2.11. The SMILES string of the molecule is O=C(O)COc1ccccc1NC(=O)c1cccc(F)c1. The molecule has 0 aromatic heterocycles. The van der Waals surface area contributed by atoms with Crippen molar-refractivity contribution in [2.24, 2.45) is 0 Å². The fourth-order valence-electron chi connectivity index (χ4n) is 1.66. The maximum absolute atomic E-state index is 13.1. The van der Waals surface area contributed by atoms with E-state index >= 15 is 0 Å². The van der Waals surface area contributed by atoms with Gasteiger partial charge >= 0.3 is 5.97 Å². The molecule has 21 heavy (non-hydrogen) atoms. The molecule has 0 atom stereocenters. The van der Waals surface area contributed by atoms with E-state index in [1.54, 1.807) is 18.2 Å². The van der Waals surface area contributed by atoms with E-state index in [1.807, 2.05) is 0 Å². The average molecular weight is 289 g/mol. The Morgan fingerprint density at radius 3 is 2.62 bits per heavy atom. The number of hydrogen-bond donors (Lipinski definition) is 2. The van der Waals surface area contributed by atoms with Crippen LogP contribution in [0, 0.1) is 5.82 Å². The van der Waals surface area contributed by atoms with Gasteiger partial charge in [0.1, 0.15) is 11.6 Å². The second kappa shape index (κ2) is 6.51. The number of para-hydroxylation sites is 2. The van der Waals surface area contributed by atoms with E-state index < -0.39 is 24.3 Å². The van der Waals surface area contributed by atoms with E-state index in [9.17, 15) is 14.0 Å². The van der Waals surface area contributed by atoms with E-state index in [2.05, 4.69) is 5.32 Å². The molecule has 0 aliphatic heterocycles. The third-order valence-electron chi connectivity index (χ3n) is 2.57. The van der Waals surface area contributed by atoms with Gasteiger partial charge in [-0.2, -0.15) is 0 Å². The Bertz CT molecular complexity index is 672. The van der Waals surface area contributed by atoms with Crippen LogP contribution < -0.4 is 10.1 Å². The molecule has 0 saturated heterocycles. The minimum Gasteiger partial charge on any atom is -0.480 e. The van der Waals surface area contributed by atoms with Gasteiger partial charge in [-0.1, -0.05) is 18.2 Å². The van der Waals surface area contributed by atoms with Crippen LogP contribution in [0.1, 0.15) is 10.4 Å². The zero-order valence-corrected chi connectivity index (χ0v) is 10.9. The summed E-state index contributed by atoms with van der Waals surface area (Å²) in [6.07, 6.45) is 0. The van der Waals surface area contributed by atoms with Gasteiger partial charge in [-0.05, 0) is 30.3 Å². The lowest BCUT2D eigenvalue weighted by atomic mass is 10.2. The lowest BCUT2D eigenvalue weighted by Crippen LogP contribution is -2.15. The van der Waals surface area contributed by atoms with Crippen LogP contribution in [-0.2, 0) is 4.79 Å². The van der Waals surface area contributed by atoms with E-state index in [1.165, 1.54) is 24.3 Å². The number of carbonyl (C=O) groups is 2. The largest absolute Gasteiger partial charge is 0.480 e. The third kappa shape index (κ3) is 4.04. The Balaban J connectivity index is 2.15. The molecule has 0 radical (unpaired) electrons. The Hall–Kier alpha value is -2.89. The number of benzene rings is 2. The van der Waals surface area contributed by atoms with Gasteiger partial charge in [0.2, 0.25) is 0 Å². The molecule has 5 nitrogen and oxygen atoms in total. The number of carboxylic acids is 1. The van der Waals surface area contributed by atoms with Crippen LogP contribution in [0.4, 0.5) is 10.1 Å². The Labute approximate surface area is 120 Å². The van der Waals surface area contributed by atoms with Crippen LogP contribution in [0.2, 0.25) is 0 Å². The molecule has 108 valence electrons. The summed E-state index contributed by atoms with van der Waals surface area (Å²) in [6.45, 7) is -0.521. The van der Waals surface area contributed by atoms with E-state index in [0.29, 0.717) is 5.69 Å². The molecule has 0 spiro atoms. The molecule has 0 bridgehead atoms. The molecule has 0 unspecified atom stereocenters. The number of hydrogen-bond acceptors (Lipinski definition) is 3. The summed E-state index contributed by atoms with van der Waals surface area (Å²) in [5.74, 6) is -1.93. The van der Waals surface area contributed by atoms with Crippen molar-refractivity contribution in [3.05, 3.63) is 59.9 Å². The average Bonchev–Trinajstić information content (AvgIpc) is 2.46. The summed E-state index contributed by atoms with van der Waals surface area (Å²) in [4.78, 5) is 22.5. The maximum Gasteiger partial charge on any atom is 0.341 e. The molecule has 0 saturated carbocycles. The minimum absolute atomic E-state index is 0.156. The van der Waals surface area contributed by atoms with Crippen molar-refractivity contribution in [2.75, 3.05) is 11.9 Å². The molecule has 0 heterocycles. The number of rotatable bonds is 5. The summed E-state index contributed by atoms with van der Waals surface area (Å²) in [6, 6.07) is 11.6. The number of amides is 1. The quantitative estimate of drug-likeness (QED) is 0.887. The molecule has 2 rings (SSSR count). The first-order valence-electron chi connectivity index (χ1n) is 6.07. The molecular weight excluding hydrogens is 277 g/mol. The van der Waals surface area contributed by atoms with Crippen LogP contribution in [-0.4, -0.2) is 23.6 Å². The highest BCUT2D eigenvalue weighted by atomic mass is 19.1. The molecule has 1 amide bonds. The lowest BCUT2D eigenvalue weighted by molar-refractivity contribution is -0.139. The summed E-state index contributed by atoms with van der Waals surface area (Å²) >= 11 is 0. The van der Waals surface area contributed by atoms with Gasteiger partial charge in [0.15, 0.2) is 6.61 Å². The van der Waals surface area contributed by atoms with E-state index in [4.69, 9.17) is 9.84 Å². The summed E-state index contributed by atoms with van der Waals surface area (Å²) in [5.41, 5.74) is 0.469. The van der Waals surface area contributed by atoms with Crippen molar-refractivity contribution in [2.45, 2.75) is 0 Å². The van der Waals surface area contributed by atoms with Gasteiger partial charge in [0.05, 0.1) is 5.69 Å². The van der Waals surface area contributed by atoms with E-state index in [-0.39, 0.29) is 11.3 Å². The first-order chi connectivity index (χ1) is 10.1. The highest BCUT2D eigenvalue weighted by Crippen LogP contribution is 2.24. The number of carbonyl (C=O) groups excluding carboxylic acids is 1. The smallest absolute Gasteiger partial charge is 0.341 e. The second-order valence-corrected chi connectivity index (χ2v) is 4.14. The molecule has 2 N–H and O–H groups in total. The monoisotopic (exact) mass is 289 g/mol. The Kier molecular flexibility index (Phi) is 4.50. The number of carboxylic acid groups (broad SMARTS) is 1. The Morgan fingerprint density at radius 2 is 1.90 bits per heavy atom. The summed E-state index contributed by atoms with van der Waals surface area (Å²) in [7, 11) is 0. The second-order valence-electron chi connectivity index (χ2n) is 4.14. The zero-order valence-electron chi connectivity index (χ0n) is 10.9. The first-order valence-corrected chi connectivity index (χ1v) is 6.07. The summed E-state index contributed by atoms with van der Waals surface area (Å²) < 4.78 is 18.2. The molecule has 0 aliphatic rings. The van der Waals surface area contributed by atoms with Crippen molar-refractivity contribution >= 4 is 17.6 Å². The normalized spacial score (nSPS) is 9.95. The topological polar surface area (TPSA) is 75.6 Å². The standard InChI is InChI=1S/C15H12FNO4/c16-11-5-3-4-10(8-11)15(20)17-12-6-1-2-7-13(12)21-9-14(18)19/h1-8H,9H2,(H,17,20)(H,18,19). The zero-order chi connectivity index (χ0) is 15.2. The van der Waals surface area contributed by atoms with E-state index in [0.717, 1.165) is 6.07 Å². The molecule has 0 aliphatic carbocycles. The molecule has 2 aromatic rings.